The van der Waals surface area contributed by atoms with E-state index in [1.807, 2.05) is 13.8 Å². The average Bonchev–Trinajstić information content (AvgIpc) is 3.02. The lowest BCUT2D eigenvalue weighted by Crippen LogP contribution is -2.29. The predicted octanol–water partition coefficient (Wildman–Crippen LogP) is 1.52. The van der Waals surface area contributed by atoms with Crippen LogP contribution in [-0.4, -0.2) is 34.2 Å². The summed E-state index contributed by atoms with van der Waals surface area (Å²) in [7, 11) is 0. The fraction of sp³-hybridized carbons (Fsp3) is 0.500. The van der Waals surface area contributed by atoms with Crippen LogP contribution in [0.3, 0.4) is 0 Å². The molecule has 0 atom stereocenters. The Bertz CT molecular complexity index is 666. The molecule has 0 unspecified atom stereocenters. The van der Waals surface area contributed by atoms with Crippen molar-refractivity contribution in [2.24, 2.45) is 0 Å². The lowest BCUT2D eigenvalue weighted by atomic mass is 10.1. The number of hydrogen-bond acceptors (Lipinski definition) is 5. The summed E-state index contributed by atoms with van der Waals surface area (Å²) in [6, 6.07) is 0. The molecule has 1 aliphatic rings. The van der Waals surface area contributed by atoms with E-state index < -0.39 is 0 Å². The number of aromatic amines is 1. The van der Waals surface area contributed by atoms with Gasteiger partial charge in [0, 0.05) is 48.6 Å². The molecule has 1 aliphatic heterocycles. The van der Waals surface area contributed by atoms with Crippen LogP contribution >= 0.6 is 23.7 Å². The Kier molecular flexibility index (Phi) is 5.55. The summed E-state index contributed by atoms with van der Waals surface area (Å²) in [5.41, 5.74) is 3.67. The summed E-state index contributed by atoms with van der Waals surface area (Å²) >= 11 is 1.69. The van der Waals surface area contributed by atoms with E-state index in [1.165, 1.54) is 4.88 Å². The fourth-order valence-corrected chi connectivity index (χ4v) is 3.53. The molecule has 0 saturated carbocycles. The molecule has 8 heteroatoms. The van der Waals surface area contributed by atoms with E-state index in [1.54, 1.807) is 11.3 Å². The predicted molar refractivity (Wildman–Crippen MR) is 88.9 cm³/mol. The van der Waals surface area contributed by atoms with Gasteiger partial charge < -0.3 is 10.6 Å². The maximum atomic E-state index is 12.2. The van der Waals surface area contributed by atoms with Gasteiger partial charge in [0.15, 0.2) is 5.69 Å². The van der Waals surface area contributed by atoms with E-state index in [4.69, 9.17) is 0 Å². The zero-order valence-corrected chi connectivity index (χ0v) is 14.3. The number of fused-ring (bicyclic) bond motifs is 1. The van der Waals surface area contributed by atoms with E-state index >= 15 is 0 Å². The highest BCUT2D eigenvalue weighted by molar-refractivity contribution is 7.11. The number of aromatic nitrogens is 3. The Morgan fingerprint density at radius 1 is 1.41 bits per heavy atom. The molecule has 120 valence electrons. The average molecular weight is 342 g/mol. The summed E-state index contributed by atoms with van der Waals surface area (Å²) in [6.45, 7) is 6.26. The van der Waals surface area contributed by atoms with E-state index in [0.29, 0.717) is 18.8 Å². The van der Waals surface area contributed by atoms with Crippen molar-refractivity contribution in [3.8, 4) is 0 Å². The number of hydrogen-bond donors (Lipinski definition) is 3. The van der Waals surface area contributed by atoms with Crippen LogP contribution in [0.1, 0.15) is 37.3 Å². The molecule has 0 aliphatic carbocycles. The molecule has 3 rings (SSSR count). The highest BCUT2D eigenvalue weighted by atomic mass is 35.5. The molecule has 0 spiro atoms. The zero-order valence-electron chi connectivity index (χ0n) is 12.7. The Labute approximate surface area is 139 Å². The molecule has 22 heavy (non-hydrogen) atoms. The van der Waals surface area contributed by atoms with Crippen LogP contribution in [0, 0.1) is 13.8 Å². The Hall–Kier alpha value is -1.44. The maximum Gasteiger partial charge on any atom is 0.272 e. The van der Waals surface area contributed by atoms with E-state index in [9.17, 15) is 4.79 Å². The number of thiazole rings is 1. The number of amides is 1. The Balaban J connectivity index is 0.00000176. The second-order valence-electron chi connectivity index (χ2n) is 5.20. The third kappa shape index (κ3) is 3.48. The maximum absolute atomic E-state index is 12.2. The van der Waals surface area contributed by atoms with Crippen molar-refractivity contribution >= 4 is 29.7 Å². The van der Waals surface area contributed by atoms with Gasteiger partial charge in [0.05, 0.1) is 10.7 Å². The number of H-pyrrole nitrogens is 1. The highest BCUT2D eigenvalue weighted by Crippen LogP contribution is 2.18. The number of aryl methyl sites for hydroxylation is 2. The molecule has 3 heterocycles. The van der Waals surface area contributed by atoms with Gasteiger partial charge in [0.25, 0.3) is 5.91 Å². The van der Waals surface area contributed by atoms with Crippen LogP contribution in [0.5, 0.6) is 0 Å². The number of carbonyl (C=O) groups excluding carboxylic acids is 1. The molecule has 2 aromatic heterocycles. The molecular weight excluding hydrogens is 322 g/mol. The van der Waals surface area contributed by atoms with Crippen LogP contribution in [0.15, 0.2) is 0 Å². The molecule has 0 saturated heterocycles. The van der Waals surface area contributed by atoms with Crippen LogP contribution in [0.2, 0.25) is 0 Å². The number of halogens is 1. The van der Waals surface area contributed by atoms with Gasteiger partial charge in [-0.25, -0.2) is 4.98 Å². The van der Waals surface area contributed by atoms with Crippen molar-refractivity contribution < 1.29 is 4.79 Å². The van der Waals surface area contributed by atoms with Crippen molar-refractivity contribution in [3.05, 3.63) is 32.5 Å². The molecule has 2 aromatic rings. The van der Waals surface area contributed by atoms with Crippen LogP contribution in [0.25, 0.3) is 0 Å². The van der Waals surface area contributed by atoms with Crippen molar-refractivity contribution in [1.82, 2.24) is 25.8 Å². The number of nitrogens with one attached hydrogen (secondary N) is 3. The Morgan fingerprint density at radius 2 is 2.23 bits per heavy atom. The summed E-state index contributed by atoms with van der Waals surface area (Å²) < 4.78 is 0. The minimum Gasteiger partial charge on any atom is -0.350 e. The molecule has 6 nitrogen and oxygen atoms in total. The second-order valence-corrected chi connectivity index (χ2v) is 6.49. The smallest absolute Gasteiger partial charge is 0.272 e. The van der Waals surface area contributed by atoms with Gasteiger partial charge in [0.1, 0.15) is 0 Å². The summed E-state index contributed by atoms with van der Waals surface area (Å²) in [5, 5.41) is 14.4. The monoisotopic (exact) mass is 341 g/mol. The topological polar surface area (TPSA) is 82.7 Å². The Morgan fingerprint density at radius 3 is 2.95 bits per heavy atom. The van der Waals surface area contributed by atoms with Crippen LogP contribution < -0.4 is 10.6 Å². The van der Waals surface area contributed by atoms with Gasteiger partial charge in [-0.15, -0.1) is 23.7 Å². The first-order valence-corrected chi connectivity index (χ1v) is 7.94. The van der Waals surface area contributed by atoms with Gasteiger partial charge in [-0.05, 0) is 13.8 Å². The summed E-state index contributed by atoms with van der Waals surface area (Å²) in [6.07, 6.45) is 1.71. The van der Waals surface area contributed by atoms with E-state index in [-0.39, 0.29) is 18.3 Å². The van der Waals surface area contributed by atoms with Crippen molar-refractivity contribution in [2.75, 3.05) is 13.1 Å². The first-order chi connectivity index (χ1) is 10.1. The van der Waals surface area contributed by atoms with Crippen LogP contribution in [-0.2, 0) is 19.4 Å². The van der Waals surface area contributed by atoms with E-state index in [2.05, 4.69) is 25.8 Å². The molecule has 0 fully saturated rings. The molecule has 0 bridgehead atoms. The van der Waals surface area contributed by atoms with Crippen molar-refractivity contribution in [1.29, 1.82) is 0 Å². The first kappa shape index (κ1) is 16.9. The third-order valence-electron chi connectivity index (χ3n) is 3.66. The first-order valence-electron chi connectivity index (χ1n) is 7.13. The lowest BCUT2D eigenvalue weighted by molar-refractivity contribution is 0.0948. The second kappa shape index (κ2) is 7.21. The quantitative estimate of drug-likeness (QED) is 0.787. The minimum absolute atomic E-state index is 0. The summed E-state index contributed by atoms with van der Waals surface area (Å²) in [4.78, 5) is 17.9. The number of carbonyl (C=O) groups is 1. The standard InChI is InChI=1S/C14H19N5OS.ClH/c1-8-12(21-9(2)17-8)4-6-16-14(20)13-10-7-15-5-3-11(10)18-19-13;/h15H,3-7H2,1-2H3,(H,16,20)(H,18,19);1H. The summed E-state index contributed by atoms with van der Waals surface area (Å²) in [5.74, 6) is -0.102. The fourth-order valence-electron chi connectivity index (χ4n) is 2.59. The number of rotatable bonds is 4. The van der Waals surface area contributed by atoms with Gasteiger partial charge >= 0.3 is 0 Å². The third-order valence-corrected chi connectivity index (χ3v) is 4.79. The largest absolute Gasteiger partial charge is 0.350 e. The zero-order chi connectivity index (χ0) is 14.8. The van der Waals surface area contributed by atoms with Gasteiger partial charge in [-0.3, -0.25) is 9.89 Å². The normalized spacial score (nSPS) is 13.4. The molecule has 0 radical (unpaired) electrons. The molecule has 0 aromatic carbocycles. The van der Waals surface area contributed by atoms with Gasteiger partial charge in [0.2, 0.25) is 0 Å². The SMILES string of the molecule is Cc1nc(C)c(CCNC(=O)c2n[nH]c3c2CNCC3)s1.Cl. The molecular formula is C14H20ClN5OS. The van der Waals surface area contributed by atoms with Gasteiger partial charge in [-0.2, -0.15) is 5.10 Å². The molecule has 3 N–H and O–H groups in total. The molecule has 1 amide bonds. The van der Waals surface area contributed by atoms with E-state index in [0.717, 1.165) is 41.3 Å². The van der Waals surface area contributed by atoms with Crippen LogP contribution in [0.4, 0.5) is 0 Å². The van der Waals surface area contributed by atoms with Crippen molar-refractivity contribution in [3.63, 3.8) is 0 Å². The van der Waals surface area contributed by atoms with Gasteiger partial charge in [-0.1, -0.05) is 0 Å². The number of nitrogens with zero attached hydrogens (tertiary/aromatic N) is 2. The highest BCUT2D eigenvalue weighted by Gasteiger charge is 2.21. The lowest BCUT2D eigenvalue weighted by Gasteiger charge is -2.12. The van der Waals surface area contributed by atoms with Crippen molar-refractivity contribution in [2.45, 2.75) is 33.2 Å². The minimum atomic E-state index is -0.102.